The summed E-state index contributed by atoms with van der Waals surface area (Å²) in [5.41, 5.74) is 5.47. The zero-order valence-corrected chi connectivity index (χ0v) is 8.90. The highest BCUT2D eigenvalue weighted by Gasteiger charge is 2.10. The fourth-order valence-corrected chi connectivity index (χ4v) is 2.77. The summed E-state index contributed by atoms with van der Waals surface area (Å²) in [6, 6.07) is 0. The number of aliphatic imine (C=N–C) groups is 1. The van der Waals surface area contributed by atoms with Gasteiger partial charge in [0, 0.05) is 17.5 Å². The van der Waals surface area contributed by atoms with Gasteiger partial charge in [-0.05, 0) is 0 Å². The van der Waals surface area contributed by atoms with Crippen molar-refractivity contribution in [3.05, 3.63) is 0 Å². The molecule has 2 nitrogen and oxygen atoms in total. The lowest BCUT2D eigenvalue weighted by atomic mass is 10.5. The van der Waals surface area contributed by atoms with E-state index in [-0.39, 0.29) is 12.4 Å². The Hall–Kier alpha value is 0.620. The van der Waals surface area contributed by atoms with E-state index >= 15 is 0 Å². The molecule has 0 aromatic rings. The zero-order valence-electron chi connectivity index (χ0n) is 6.45. The molecule has 0 saturated heterocycles. The number of halogens is 1. The number of nitrogens with zero attached hydrogens (tertiary/aromatic N) is 1. The minimum absolute atomic E-state index is 0. The van der Waals surface area contributed by atoms with Crippen LogP contribution >= 0.6 is 35.9 Å². The highest BCUT2D eigenvalue weighted by atomic mass is 35.5. The summed E-state index contributed by atoms with van der Waals surface area (Å²) in [4.78, 5) is 4.31. The molecule has 0 radical (unpaired) electrons. The van der Waals surface area contributed by atoms with Gasteiger partial charge in [-0.3, -0.25) is 4.99 Å². The van der Waals surface area contributed by atoms with E-state index in [9.17, 15) is 0 Å². The molecule has 0 amide bonds. The molecule has 1 heterocycles. The van der Waals surface area contributed by atoms with Gasteiger partial charge in [0.15, 0.2) is 0 Å². The summed E-state index contributed by atoms with van der Waals surface area (Å²) in [6.45, 7) is 3.86. The molecule has 0 bridgehead atoms. The second-order valence-corrected chi connectivity index (χ2v) is 4.93. The number of hydrogen-bond donors (Lipinski definition) is 1. The van der Waals surface area contributed by atoms with Crippen molar-refractivity contribution in [1.29, 1.82) is 0 Å². The predicted molar refractivity (Wildman–Crippen MR) is 58.1 cm³/mol. The highest BCUT2D eigenvalue weighted by Crippen LogP contribution is 2.24. The molecule has 1 unspecified atom stereocenters. The number of hydrogen-bond acceptors (Lipinski definition) is 4. The van der Waals surface area contributed by atoms with Crippen LogP contribution in [-0.2, 0) is 0 Å². The van der Waals surface area contributed by atoms with E-state index in [1.54, 1.807) is 11.8 Å². The van der Waals surface area contributed by atoms with Crippen molar-refractivity contribution < 1.29 is 0 Å². The number of nitrogens with two attached hydrogens (primary N) is 1. The van der Waals surface area contributed by atoms with Crippen LogP contribution in [0.2, 0.25) is 0 Å². The molecule has 1 atom stereocenters. The van der Waals surface area contributed by atoms with E-state index < -0.39 is 0 Å². The van der Waals surface area contributed by atoms with Crippen LogP contribution in [0.5, 0.6) is 0 Å². The van der Waals surface area contributed by atoms with Crippen LogP contribution in [0, 0.1) is 0 Å². The van der Waals surface area contributed by atoms with Crippen molar-refractivity contribution in [1.82, 2.24) is 0 Å². The van der Waals surface area contributed by atoms with E-state index in [4.69, 9.17) is 5.73 Å². The molecule has 1 aliphatic rings. The smallest absolute Gasteiger partial charge is 0.124 e. The van der Waals surface area contributed by atoms with Gasteiger partial charge in [0.05, 0.1) is 6.54 Å². The van der Waals surface area contributed by atoms with E-state index in [2.05, 4.69) is 11.9 Å². The normalized spacial score (nSPS) is 18.9. The lowest BCUT2D eigenvalue weighted by Crippen LogP contribution is -2.13. The van der Waals surface area contributed by atoms with Gasteiger partial charge in [0.1, 0.15) is 4.38 Å². The largest absolute Gasteiger partial charge is 0.329 e. The van der Waals surface area contributed by atoms with Crippen LogP contribution in [0.25, 0.3) is 0 Å². The van der Waals surface area contributed by atoms with Gasteiger partial charge in [-0.25, -0.2) is 0 Å². The molecule has 2 N–H and O–H groups in total. The fraction of sp³-hybridized carbons (Fsp3) is 0.833. The zero-order chi connectivity index (χ0) is 7.40. The maximum Gasteiger partial charge on any atom is 0.124 e. The van der Waals surface area contributed by atoms with Gasteiger partial charge < -0.3 is 5.73 Å². The van der Waals surface area contributed by atoms with Crippen LogP contribution in [0.4, 0.5) is 0 Å². The van der Waals surface area contributed by atoms with E-state index in [0.29, 0.717) is 5.25 Å². The molecular formula is C6H13ClN2S2. The number of rotatable bonds is 2. The third-order valence-corrected chi connectivity index (χ3v) is 3.52. The Kier molecular flexibility index (Phi) is 6.52. The summed E-state index contributed by atoms with van der Waals surface area (Å²) in [5, 5.41) is 0.518. The minimum Gasteiger partial charge on any atom is -0.329 e. The Morgan fingerprint density at radius 2 is 2.55 bits per heavy atom. The maximum atomic E-state index is 5.47. The second kappa shape index (κ2) is 6.17. The molecule has 0 aliphatic carbocycles. The topological polar surface area (TPSA) is 38.4 Å². The molecule has 0 spiro atoms. The minimum atomic E-state index is 0. The summed E-state index contributed by atoms with van der Waals surface area (Å²) >= 11 is 3.64. The van der Waals surface area contributed by atoms with Gasteiger partial charge in [0.2, 0.25) is 0 Å². The average molecular weight is 213 g/mol. The van der Waals surface area contributed by atoms with Gasteiger partial charge >= 0.3 is 0 Å². The molecule has 0 aromatic carbocycles. The lowest BCUT2D eigenvalue weighted by Gasteiger charge is -2.05. The first kappa shape index (κ1) is 11.6. The van der Waals surface area contributed by atoms with Crippen LogP contribution < -0.4 is 5.73 Å². The SMILES string of the molecule is CC(CN)SC1=NCCS1.Cl. The first-order chi connectivity index (χ1) is 4.83. The third-order valence-electron chi connectivity index (χ3n) is 1.19. The van der Waals surface area contributed by atoms with Gasteiger partial charge in [-0.2, -0.15) is 0 Å². The van der Waals surface area contributed by atoms with Crippen molar-refractivity contribution in [2.24, 2.45) is 10.7 Å². The summed E-state index contributed by atoms with van der Waals surface area (Å²) in [5.74, 6) is 1.15. The third kappa shape index (κ3) is 4.25. The maximum absolute atomic E-state index is 5.47. The second-order valence-electron chi connectivity index (χ2n) is 2.16. The van der Waals surface area contributed by atoms with Crippen molar-refractivity contribution >= 4 is 40.3 Å². The molecule has 66 valence electrons. The summed E-state index contributed by atoms with van der Waals surface area (Å²) in [6.07, 6.45) is 0. The Balaban J connectivity index is 0.000001000. The van der Waals surface area contributed by atoms with Crippen molar-refractivity contribution in [2.75, 3.05) is 18.8 Å². The van der Waals surface area contributed by atoms with Crippen molar-refractivity contribution in [3.63, 3.8) is 0 Å². The van der Waals surface area contributed by atoms with E-state index in [1.165, 1.54) is 4.38 Å². The molecule has 1 aliphatic heterocycles. The highest BCUT2D eigenvalue weighted by molar-refractivity contribution is 8.39. The predicted octanol–water partition coefficient (Wildman–Crippen LogP) is 1.59. The summed E-state index contributed by atoms with van der Waals surface area (Å²) in [7, 11) is 0. The van der Waals surface area contributed by atoms with Crippen LogP contribution in [0.3, 0.4) is 0 Å². The average Bonchev–Trinajstić information content (AvgIpc) is 2.40. The Bertz CT molecular complexity index is 141. The van der Waals surface area contributed by atoms with Gasteiger partial charge in [-0.15, -0.1) is 12.4 Å². The number of thioether (sulfide) groups is 2. The standard InChI is InChI=1S/C6H12N2S2.ClH/c1-5(4-7)10-6-8-2-3-9-6;/h5H,2-4,7H2,1H3;1H. The van der Waals surface area contributed by atoms with Gasteiger partial charge in [-0.1, -0.05) is 30.4 Å². The van der Waals surface area contributed by atoms with Crippen molar-refractivity contribution in [3.8, 4) is 0 Å². The van der Waals surface area contributed by atoms with Crippen molar-refractivity contribution in [2.45, 2.75) is 12.2 Å². The van der Waals surface area contributed by atoms with E-state index in [1.807, 2.05) is 11.8 Å². The monoisotopic (exact) mass is 212 g/mol. The van der Waals surface area contributed by atoms with Crippen LogP contribution in [-0.4, -0.2) is 28.5 Å². The quantitative estimate of drug-likeness (QED) is 0.756. The first-order valence-electron chi connectivity index (χ1n) is 3.37. The molecule has 0 saturated carbocycles. The van der Waals surface area contributed by atoms with E-state index in [0.717, 1.165) is 18.8 Å². The molecule has 11 heavy (non-hydrogen) atoms. The molecule has 1 rings (SSSR count). The lowest BCUT2D eigenvalue weighted by molar-refractivity contribution is 0.957. The Labute approximate surface area is 82.2 Å². The summed E-state index contributed by atoms with van der Waals surface area (Å²) < 4.78 is 1.22. The van der Waals surface area contributed by atoms with Crippen LogP contribution in [0.1, 0.15) is 6.92 Å². The molecular weight excluding hydrogens is 200 g/mol. The Morgan fingerprint density at radius 3 is 3.00 bits per heavy atom. The van der Waals surface area contributed by atoms with Gasteiger partial charge in [0.25, 0.3) is 0 Å². The molecule has 5 heteroatoms. The van der Waals surface area contributed by atoms with Crippen LogP contribution in [0.15, 0.2) is 4.99 Å². The Morgan fingerprint density at radius 1 is 1.82 bits per heavy atom. The first-order valence-corrected chi connectivity index (χ1v) is 5.23. The molecule has 0 fully saturated rings. The molecule has 0 aromatic heterocycles. The fourth-order valence-electron chi connectivity index (χ4n) is 0.607.